The Bertz CT molecular complexity index is 752. The highest BCUT2D eigenvalue weighted by molar-refractivity contribution is 7.57. The van der Waals surface area contributed by atoms with Crippen LogP contribution in [0.4, 0.5) is 0 Å². The molecule has 136 valence electrons. The predicted octanol–water partition coefficient (Wildman–Crippen LogP) is 4.22. The molecule has 2 unspecified atom stereocenters. The average molecular weight is 402 g/mol. The van der Waals surface area contributed by atoms with Crippen molar-refractivity contribution in [1.82, 2.24) is 5.32 Å². The van der Waals surface area contributed by atoms with Gasteiger partial charge in [-0.25, -0.2) is 0 Å². The SMILES string of the molecule is Cc1ccc(CP(=O)(O)CC(O)CNCc2ccc(Cl)c(Cl)c2)cc1. The smallest absolute Gasteiger partial charge is 0.207 e. The number of aryl methyl sites for hydroxylation is 1. The van der Waals surface area contributed by atoms with Crippen LogP contribution in [-0.4, -0.2) is 28.8 Å². The van der Waals surface area contributed by atoms with Crippen LogP contribution in [0, 0.1) is 6.92 Å². The van der Waals surface area contributed by atoms with E-state index in [1.165, 1.54) is 0 Å². The molecule has 0 fully saturated rings. The van der Waals surface area contributed by atoms with E-state index in [2.05, 4.69) is 5.32 Å². The Hall–Kier alpha value is -0.870. The number of nitrogens with one attached hydrogen (secondary N) is 1. The molecule has 0 saturated heterocycles. The lowest BCUT2D eigenvalue weighted by Crippen LogP contribution is -2.29. The number of benzene rings is 2. The van der Waals surface area contributed by atoms with Gasteiger partial charge in [-0.05, 0) is 30.2 Å². The van der Waals surface area contributed by atoms with Crippen molar-refractivity contribution in [3.63, 3.8) is 0 Å². The summed E-state index contributed by atoms with van der Waals surface area (Å²) in [6.45, 7) is 2.67. The van der Waals surface area contributed by atoms with E-state index in [0.717, 1.165) is 16.7 Å². The molecule has 0 saturated carbocycles. The Labute approximate surface area is 158 Å². The number of rotatable bonds is 8. The van der Waals surface area contributed by atoms with Gasteiger partial charge in [-0.2, -0.15) is 0 Å². The van der Waals surface area contributed by atoms with Gasteiger partial charge in [0.15, 0.2) is 0 Å². The summed E-state index contributed by atoms with van der Waals surface area (Å²) in [6, 6.07) is 12.8. The maximum absolute atomic E-state index is 12.3. The van der Waals surface area contributed by atoms with Crippen LogP contribution >= 0.6 is 30.6 Å². The molecule has 2 rings (SSSR count). The maximum atomic E-state index is 12.3. The number of hydrogen-bond donors (Lipinski definition) is 3. The van der Waals surface area contributed by atoms with Gasteiger partial charge in [0.05, 0.1) is 22.3 Å². The normalized spacial score (nSPS) is 14.9. The van der Waals surface area contributed by atoms with Crippen LogP contribution in [0.5, 0.6) is 0 Å². The third-order valence-corrected chi connectivity index (χ3v) is 6.33. The topological polar surface area (TPSA) is 69.6 Å². The van der Waals surface area contributed by atoms with Crippen molar-refractivity contribution in [3.8, 4) is 0 Å². The van der Waals surface area contributed by atoms with Gasteiger partial charge in [-0.15, -0.1) is 0 Å². The van der Waals surface area contributed by atoms with Gasteiger partial charge in [0.2, 0.25) is 7.37 Å². The van der Waals surface area contributed by atoms with E-state index in [9.17, 15) is 14.6 Å². The second-order valence-electron chi connectivity index (χ2n) is 6.21. The van der Waals surface area contributed by atoms with E-state index in [0.29, 0.717) is 16.6 Å². The summed E-state index contributed by atoms with van der Waals surface area (Å²) in [4.78, 5) is 10.1. The van der Waals surface area contributed by atoms with Gasteiger partial charge < -0.3 is 15.3 Å². The highest BCUT2D eigenvalue weighted by atomic mass is 35.5. The van der Waals surface area contributed by atoms with Crippen molar-refractivity contribution >= 4 is 30.6 Å². The molecule has 0 spiro atoms. The minimum absolute atomic E-state index is 0.0666. The van der Waals surface area contributed by atoms with Crippen LogP contribution in [-0.2, 0) is 17.3 Å². The molecule has 7 heteroatoms. The number of hydrogen-bond acceptors (Lipinski definition) is 3. The minimum Gasteiger partial charge on any atom is -0.391 e. The fourth-order valence-electron chi connectivity index (χ4n) is 2.47. The molecular formula is C18H22Cl2NO3P. The van der Waals surface area contributed by atoms with Crippen LogP contribution in [0.2, 0.25) is 10.0 Å². The Morgan fingerprint density at radius 1 is 1.08 bits per heavy atom. The Morgan fingerprint density at radius 3 is 2.36 bits per heavy atom. The monoisotopic (exact) mass is 401 g/mol. The zero-order valence-electron chi connectivity index (χ0n) is 14.0. The lowest BCUT2D eigenvalue weighted by molar-refractivity contribution is 0.190. The van der Waals surface area contributed by atoms with E-state index < -0.39 is 13.5 Å². The van der Waals surface area contributed by atoms with E-state index >= 15 is 0 Å². The number of aliphatic hydroxyl groups is 1. The second-order valence-corrected chi connectivity index (χ2v) is 9.39. The molecule has 0 aromatic heterocycles. The lowest BCUT2D eigenvalue weighted by atomic mass is 10.2. The van der Waals surface area contributed by atoms with Crippen molar-refractivity contribution in [3.05, 3.63) is 69.2 Å². The molecule has 25 heavy (non-hydrogen) atoms. The standard InChI is InChI=1S/C18H22Cl2NO3P/c1-13-2-4-14(5-3-13)11-25(23,24)12-16(22)10-21-9-15-6-7-17(19)18(20)8-15/h2-8,16,21-22H,9-12H2,1H3,(H,23,24). The van der Waals surface area contributed by atoms with Crippen LogP contribution in [0.3, 0.4) is 0 Å². The number of halogens is 2. The summed E-state index contributed by atoms with van der Waals surface area (Å²) < 4.78 is 12.3. The van der Waals surface area contributed by atoms with Gasteiger partial charge in [-0.3, -0.25) is 4.57 Å². The van der Waals surface area contributed by atoms with Crippen LogP contribution < -0.4 is 5.32 Å². The first-order chi connectivity index (χ1) is 11.7. The lowest BCUT2D eigenvalue weighted by Gasteiger charge is -2.17. The van der Waals surface area contributed by atoms with Gasteiger partial charge in [0, 0.05) is 19.3 Å². The van der Waals surface area contributed by atoms with E-state index in [1.54, 1.807) is 12.1 Å². The molecule has 0 aliphatic rings. The minimum atomic E-state index is -3.44. The fourth-order valence-corrected chi connectivity index (χ4v) is 4.49. The van der Waals surface area contributed by atoms with Crippen molar-refractivity contribution in [2.24, 2.45) is 0 Å². The van der Waals surface area contributed by atoms with Crippen LogP contribution in [0.15, 0.2) is 42.5 Å². The molecule has 0 amide bonds. The summed E-state index contributed by atoms with van der Waals surface area (Å²) >= 11 is 11.8. The zero-order chi connectivity index (χ0) is 18.4. The molecule has 0 aliphatic carbocycles. The van der Waals surface area contributed by atoms with E-state index in [-0.39, 0.29) is 18.9 Å². The first-order valence-electron chi connectivity index (χ1n) is 7.94. The molecule has 2 aromatic carbocycles. The van der Waals surface area contributed by atoms with Crippen molar-refractivity contribution in [2.75, 3.05) is 12.7 Å². The molecule has 0 radical (unpaired) electrons. The van der Waals surface area contributed by atoms with Crippen LogP contribution in [0.1, 0.15) is 16.7 Å². The van der Waals surface area contributed by atoms with Crippen LogP contribution in [0.25, 0.3) is 0 Å². The van der Waals surface area contributed by atoms with Gasteiger partial charge in [-0.1, -0.05) is 59.1 Å². The largest absolute Gasteiger partial charge is 0.391 e. The van der Waals surface area contributed by atoms with E-state index in [1.807, 2.05) is 37.3 Å². The summed E-state index contributed by atoms with van der Waals surface area (Å²) in [5.74, 6) is 0. The van der Waals surface area contributed by atoms with Gasteiger partial charge >= 0.3 is 0 Å². The first-order valence-corrected chi connectivity index (χ1v) is 10.7. The Morgan fingerprint density at radius 2 is 1.72 bits per heavy atom. The van der Waals surface area contributed by atoms with Gasteiger partial charge in [0.25, 0.3) is 0 Å². The maximum Gasteiger partial charge on any atom is 0.207 e. The van der Waals surface area contributed by atoms with Crippen molar-refractivity contribution < 1.29 is 14.6 Å². The summed E-state index contributed by atoms with van der Waals surface area (Å²) in [6.07, 6.45) is -0.976. The quantitative estimate of drug-likeness (QED) is 0.579. The van der Waals surface area contributed by atoms with E-state index in [4.69, 9.17) is 23.2 Å². The van der Waals surface area contributed by atoms with Crippen molar-refractivity contribution in [2.45, 2.75) is 25.7 Å². The second kappa shape index (κ2) is 9.18. The summed E-state index contributed by atoms with van der Waals surface area (Å²) in [5.41, 5.74) is 2.82. The fraction of sp³-hybridized carbons (Fsp3) is 0.333. The molecule has 2 atom stereocenters. The predicted molar refractivity (Wildman–Crippen MR) is 104 cm³/mol. The third-order valence-electron chi connectivity index (χ3n) is 3.74. The molecule has 0 aliphatic heterocycles. The number of aliphatic hydroxyl groups excluding tert-OH is 1. The summed E-state index contributed by atoms with van der Waals surface area (Å²) in [5, 5.41) is 14.1. The Kier molecular flexibility index (Phi) is 7.51. The van der Waals surface area contributed by atoms with Crippen molar-refractivity contribution in [1.29, 1.82) is 0 Å². The molecule has 4 nitrogen and oxygen atoms in total. The summed E-state index contributed by atoms with van der Waals surface area (Å²) in [7, 11) is -3.44. The highest BCUT2D eigenvalue weighted by Gasteiger charge is 2.23. The third kappa shape index (κ3) is 7.10. The zero-order valence-corrected chi connectivity index (χ0v) is 16.4. The molecule has 3 N–H and O–H groups in total. The highest BCUT2D eigenvalue weighted by Crippen LogP contribution is 2.44. The molecule has 2 aromatic rings. The molecule has 0 heterocycles. The molecule has 0 bridgehead atoms. The Balaban J connectivity index is 1.80. The first kappa shape index (κ1) is 20.4. The molecular weight excluding hydrogens is 380 g/mol. The average Bonchev–Trinajstić information content (AvgIpc) is 2.52. The van der Waals surface area contributed by atoms with Gasteiger partial charge in [0.1, 0.15) is 0 Å².